The molecule has 0 spiro atoms. The number of hydrogen-bond acceptors (Lipinski definition) is 3. The molecule has 0 aliphatic heterocycles. The first-order chi connectivity index (χ1) is 11.5. The van der Waals surface area contributed by atoms with Gasteiger partial charge in [-0.05, 0) is 30.4 Å². The average molecular weight is 327 g/mol. The van der Waals surface area contributed by atoms with Crippen molar-refractivity contribution in [1.29, 1.82) is 0 Å². The average Bonchev–Trinajstić information content (AvgIpc) is 3.19. The quantitative estimate of drug-likeness (QED) is 0.427. The Balaban J connectivity index is 1.91. The van der Waals surface area contributed by atoms with Crippen molar-refractivity contribution in [3.8, 4) is 0 Å². The second-order valence-electron chi connectivity index (χ2n) is 5.17. The van der Waals surface area contributed by atoms with Crippen molar-refractivity contribution < 1.29 is 19.1 Å². The predicted molar refractivity (Wildman–Crippen MR) is 88.9 cm³/mol. The monoisotopic (exact) mass is 327 g/mol. The van der Waals surface area contributed by atoms with E-state index in [4.69, 9.17) is 5.11 Å². The fourth-order valence-electron chi connectivity index (χ4n) is 2.47. The highest BCUT2D eigenvalue weighted by atomic mass is 19.1. The molecule has 0 aliphatic rings. The molecule has 0 atom stereocenters. The maximum atomic E-state index is 13.7. The van der Waals surface area contributed by atoms with Gasteiger partial charge in [-0.2, -0.15) is 0 Å². The maximum absolute atomic E-state index is 13.7. The summed E-state index contributed by atoms with van der Waals surface area (Å²) in [6, 6.07) is 4.03. The van der Waals surface area contributed by atoms with Gasteiger partial charge in [0.15, 0.2) is 0 Å². The minimum atomic E-state index is -1.11. The van der Waals surface area contributed by atoms with E-state index in [1.54, 1.807) is 19.3 Å². The molecule has 0 fully saturated rings. The lowest BCUT2D eigenvalue weighted by molar-refractivity contribution is 0.0697. The van der Waals surface area contributed by atoms with Gasteiger partial charge < -0.3 is 20.4 Å². The van der Waals surface area contributed by atoms with Crippen LogP contribution in [0.25, 0.3) is 17.0 Å². The molecule has 4 N–H and O–H groups in total. The third-order valence-corrected chi connectivity index (χ3v) is 3.67. The van der Waals surface area contributed by atoms with Crippen LogP contribution in [0, 0.1) is 5.82 Å². The van der Waals surface area contributed by atoms with Crippen molar-refractivity contribution in [2.75, 3.05) is 12.4 Å². The van der Waals surface area contributed by atoms with E-state index in [0.29, 0.717) is 16.6 Å². The summed E-state index contributed by atoms with van der Waals surface area (Å²) < 4.78 is 13.7. The molecule has 3 aromatic rings. The number of hydrogen-bond donors (Lipinski definition) is 4. The standard InChI is InChI=1S/C17H14FN3O3/c1-19-14-6-11(18)5-12-9(7-21-16(12)14)2-3-15(22)13-4-10(8-20-13)17(23)24/h2-8,19-21H,1H3,(H,23,24). The number of fused-ring (bicyclic) bond motifs is 1. The lowest BCUT2D eigenvalue weighted by Gasteiger charge is -2.02. The minimum Gasteiger partial charge on any atom is -0.478 e. The van der Waals surface area contributed by atoms with Crippen LogP contribution in [-0.2, 0) is 0 Å². The van der Waals surface area contributed by atoms with Gasteiger partial charge in [0.2, 0.25) is 5.78 Å². The summed E-state index contributed by atoms with van der Waals surface area (Å²) in [5.74, 6) is -1.87. The second-order valence-corrected chi connectivity index (χ2v) is 5.17. The minimum absolute atomic E-state index is 0.0135. The lowest BCUT2D eigenvalue weighted by Crippen LogP contribution is -1.95. The van der Waals surface area contributed by atoms with E-state index in [9.17, 15) is 14.0 Å². The number of aromatic carboxylic acids is 1. The topological polar surface area (TPSA) is 98.0 Å². The van der Waals surface area contributed by atoms with Gasteiger partial charge >= 0.3 is 5.97 Å². The zero-order valence-corrected chi connectivity index (χ0v) is 12.7. The molecule has 0 saturated heterocycles. The Morgan fingerprint density at radius 3 is 2.67 bits per heavy atom. The van der Waals surface area contributed by atoms with Gasteiger partial charge in [0, 0.05) is 30.4 Å². The Kier molecular flexibility index (Phi) is 3.91. The van der Waals surface area contributed by atoms with E-state index < -0.39 is 5.97 Å². The van der Waals surface area contributed by atoms with E-state index >= 15 is 0 Å². The Morgan fingerprint density at radius 1 is 1.21 bits per heavy atom. The van der Waals surface area contributed by atoms with Crippen molar-refractivity contribution in [3.05, 3.63) is 59.3 Å². The molecule has 3 rings (SSSR count). The molecule has 2 aromatic heterocycles. The number of aromatic amines is 2. The van der Waals surface area contributed by atoms with Crippen LogP contribution in [0.3, 0.4) is 0 Å². The van der Waals surface area contributed by atoms with Crippen LogP contribution >= 0.6 is 0 Å². The number of carbonyl (C=O) groups is 2. The van der Waals surface area contributed by atoms with Gasteiger partial charge in [-0.25, -0.2) is 9.18 Å². The molecule has 122 valence electrons. The number of rotatable bonds is 5. The number of halogens is 1. The van der Waals surface area contributed by atoms with E-state index in [1.165, 1.54) is 30.5 Å². The van der Waals surface area contributed by atoms with Crippen LogP contribution in [0.2, 0.25) is 0 Å². The highest BCUT2D eigenvalue weighted by molar-refractivity contribution is 6.08. The van der Waals surface area contributed by atoms with E-state index in [2.05, 4.69) is 15.3 Å². The van der Waals surface area contributed by atoms with Gasteiger partial charge in [0.05, 0.1) is 22.5 Å². The number of allylic oxidation sites excluding steroid dienone is 1. The fourth-order valence-corrected chi connectivity index (χ4v) is 2.47. The number of ketones is 1. The number of carboxylic acid groups (broad SMARTS) is 1. The molecular weight excluding hydrogens is 313 g/mol. The van der Waals surface area contributed by atoms with Gasteiger partial charge in [0.25, 0.3) is 0 Å². The van der Waals surface area contributed by atoms with E-state index in [-0.39, 0.29) is 22.9 Å². The van der Waals surface area contributed by atoms with Crippen LogP contribution in [-0.4, -0.2) is 33.9 Å². The number of benzene rings is 1. The first-order valence-corrected chi connectivity index (χ1v) is 7.12. The number of anilines is 1. The second kappa shape index (κ2) is 6.04. The van der Waals surface area contributed by atoms with E-state index in [1.807, 2.05) is 0 Å². The molecule has 24 heavy (non-hydrogen) atoms. The molecule has 0 unspecified atom stereocenters. The molecule has 0 saturated carbocycles. The maximum Gasteiger partial charge on any atom is 0.337 e. The normalized spacial score (nSPS) is 11.2. The molecular formula is C17H14FN3O3. The molecule has 6 nitrogen and oxygen atoms in total. The number of aromatic nitrogens is 2. The summed E-state index contributed by atoms with van der Waals surface area (Å²) in [6.07, 6.45) is 5.79. The van der Waals surface area contributed by atoms with Gasteiger partial charge in [-0.3, -0.25) is 4.79 Å². The first kappa shape index (κ1) is 15.5. The predicted octanol–water partition coefficient (Wildman–Crippen LogP) is 3.27. The third-order valence-electron chi connectivity index (χ3n) is 3.67. The van der Waals surface area contributed by atoms with Gasteiger partial charge in [-0.1, -0.05) is 0 Å². The molecule has 2 heterocycles. The summed E-state index contributed by atoms with van der Waals surface area (Å²) in [5, 5.41) is 12.4. The molecule has 0 radical (unpaired) electrons. The summed E-state index contributed by atoms with van der Waals surface area (Å²) in [4.78, 5) is 28.6. The van der Waals surface area contributed by atoms with Gasteiger partial charge in [-0.15, -0.1) is 0 Å². The molecule has 0 aliphatic carbocycles. The smallest absolute Gasteiger partial charge is 0.337 e. The third kappa shape index (κ3) is 2.79. The molecule has 0 bridgehead atoms. The van der Waals surface area contributed by atoms with Crippen LogP contribution in [0.1, 0.15) is 26.4 Å². The Bertz CT molecular complexity index is 969. The van der Waals surface area contributed by atoms with Crippen LogP contribution < -0.4 is 5.32 Å². The highest BCUT2D eigenvalue weighted by Crippen LogP contribution is 2.27. The highest BCUT2D eigenvalue weighted by Gasteiger charge is 2.11. The Hall–Kier alpha value is -3.35. The van der Waals surface area contributed by atoms with Crippen molar-refractivity contribution >= 4 is 34.4 Å². The summed E-state index contributed by atoms with van der Waals surface area (Å²) in [5.41, 5.74) is 2.19. The van der Waals surface area contributed by atoms with Crippen molar-refractivity contribution in [1.82, 2.24) is 9.97 Å². The van der Waals surface area contributed by atoms with Crippen molar-refractivity contribution in [3.63, 3.8) is 0 Å². The summed E-state index contributed by atoms with van der Waals surface area (Å²) in [6.45, 7) is 0. The lowest BCUT2D eigenvalue weighted by atomic mass is 10.1. The number of carboxylic acids is 1. The summed E-state index contributed by atoms with van der Waals surface area (Å²) >= 11 is 0. The summed E-state index contributed by atoms with van der Waals surface area (Å²) in [7, 11) is 1.69. The SMILES string of the molecule is CNc1cc(F)cc2c(C=CC(=O)c3cc(C(=O)O)c[nH]3)c[nH]c12. The van der Waals surface area contributed by atoms with Crippen LogP contribution in [0.15, 0.2) is 36.7 Å². The van der Waals surface area contributed by atoms with Crippen molar-refractivity contribution in [2.45, 2.75) is 0 Å². The largest absolute Gasteiger partial charge is 0.478 e. The van der Waals surface area contributed by atoms with Gasteiger partial charge in [0.1, 0.15) is 5.82 Å². The van der Waals surface area contributed by atoms with Crippen molar-refractivity contribution in [2.24, 2.45) is 0 Å². The number of nitrogens with one attached hydrogen (secondary N) is 3. The zero-order valence-electron chi connectivity index (χ0n) is 12.7. The fraction of sp³-hybridized carbons (Fsp3) is 0.0588. The first-order valence-electron chi connectivity index (χ1n) is 7.12. The number of carbonyl (C=O) groups excluding carboxylic acids is 1. The molecule has 0 amide bonds. The van der Waals surface area contributed by atoms with Crippen LogP contribution in [0.4, 0.5) is 10.1 Å². The molecule has 7 heteroatoms. The Labute approximate surface area is 136 Å². The van der Waals surface area contributed by atoms with Crippen LogP contribution in [0.5, 0.6) is 0 Å². The Morgan fingerprint density at radius 2 is 2.00 bits per heavy atom. The number of H-pyrrole nitrogens is 2. The van der Waals surface area contributed by atoms with E-state index in [0.717, 1.165) is 5.52 Å². The molecule has 1 aromatic carbocycles. The zero-order chi connectivity index (χ0) is 17.3.